The molecule has 2 aromatic heterocycles. The zero-order chi connectivity index (χ0) is 9.97. The van der Waals surface area contributed by atoms with Gasteiger partial charge < -0.3 is 9.73 Å². The van der Waals surface area contributed by atoms with E-state index in [0.29, 0.717) is 12.4 Å². The molecule has 5 nitrogen and oxygen atoms in total. The molecule has 0 unspecified atom stereocenters. The lowest BCUT2D eigenvalue weighted by atomic mass is 10.6. The highest BCUT2D eigenvalue weighted by Gasteiger charge is 2.02. The average Bonchev–Trinajstić information content (AvgIpc) is 2.72. The van der Waals surface area contributed by atoms with Gasteiger partial charge in [0.25, 0.3) is 0 Å². The summed E-state index contributed by atoms with van der Waals surface area (Å²) in [6.07, 6.45) is 1.70. The van der Waals surface area contributed by atoms with E-state index in [0.717, 1.165) is 16.7 Å². The third-order valence-electron chi connectivity index (χ3n) is 1.59. The van der Waals surface area contributed by atoms with Crippen LogP contribution in [0.3, 0.4) is 0 Å². The third-order valence-corrected chi connectivity index (χ3v) is 2.35. The van der Waals surface area contributed by atoms with Gasteiger partial charge in [-0.25, -0.2) is 9.97 Å². The summed E-state index contributed by atoms with van der Waals surface area (Å²) in [4.78, 5) is 8.22. The van der Waals surface area contributed by atoms with Crippen LogP contribution in [0.25, 0.3) is 0 Å². The number of aromatic nitrogens is 3. The summed E-state index contributed by atoms with van der Waals surface area (Å²) in [7, 11) is 0. The lowest BCUT2D eigenvalue weighted by molar-refractivity contribution is 0.479. The number of oxazole rings is 1. The van der Waals surface area contributed by atoms with Crippen molar-refractivity contribution in [3.05, 3.63) is 23.7 Å². The lowest BCUT2D eigenvalue weighted by Gasteiger charge is -1.95. The Morgan fingerprint density at radius 2 is 2.36 bits per heavy atom. The maximum atomic E-state index is 5.29. The van der Waals surface area contributed by atoms with Gasteiger partial charge in [0.2, 0.25) is 11.0 Å². The summed E-state index contributed by atoms with van der Waals surface area (Å²) in [5, 5.41) is 3.87. The number of nitrogens with zero attached hydrogens (tertiary/aromatic N) is 3. The van der Waals surface area contributed by atoms with E-state index in [2.05, 4.69) is 19.7 Å². The van der Waals surface area contributed by atoms with Crippen molar-refractivity contribution in [3.63, 3.8) is 0 Å². The molecule has 0 aliphatic heterocycles. The number of anilines is 1. The van der Waals surface area contributed by atoms with Crippen LogP contribution in [0, 0.1) is 13.8 Å². The molecule has 0 bridgehead atoms. The van der Waals surface area contributed by atoms with Gasteiger partial charge in [-0.1, -0.05) is 0 Å². The van der Waals surface area contributed by atoms with Crippen LogP contribution in [0.1, 0.15) is 17.5 Å². The van der Waals surface area contributed by atoms with Gasteiger partial charge in [-0.2, -0.15) is 4.37 Å². The first-order valence-electron chi connectivity index (χ1n) is 4.19. The molecule has 0 amide bonds. The van der Waals surface area contributed by atoms with Crippen molar-refractivity contribution >= 4 is 16.7 Å². The molecule has 0 radical (unpaired) electrons. The minimum absolute atomic E-state index is 0.544. The van der Waals surface area contributed by atoms with E-state index < -0.39 is 0 Å². The molecule has 0 aliphatic rings. The van der Waals surface area contributed by atoms with Crippen LogP contribution in [-0.4, -0.2) is 14.3 Å². The quantitative estimate of drug-likeness (QED) is 0.836. The lowest BCUT2D eigenvalue weighted by Crippen LogP contribution is -1.98. The maximum absolute atomic E-state index is 5.29. The van der Waals surface area contributed by atoms with Gasteiger partial charge in [0, 0.05) is 11.5 Å². The summed E-state index contributed by atoms with van der Waals surface area (Å²) in [5.74, 6) is 2.26. The van der Waals surface area contributed by atoms with Crippen molar-refractivity contribution < 1.29 is 4.42 Å². The summed E-state index contributed by atoms with van der Waals surface area (Å²) >= 11 is 1.33. The molecule has 0 aromatic carbocycles. The second kappa shape index (κ2) is 3.75. The molecular formula is C8H10N4OS. The molecule has 0 saturated heterocycles. The van der Waals surface area contributed by atoms with E-state index in [1.807, 2.05) is 13.8 Å². The van der Waals surface area contributed by atoms with Crippen LogP contribution < -0.4 is 5.32 Å². The van der Waals surface area contributed by atoms with Gasteiger partial charge in [0.1, 0.15) is 11.6 Å². The molecule has 2 aromatic rings. The SMILES string of the molecule is Cc1nsc(NCc2ncc(C)o2)n1. The van der Waals surface area contributed by atoms with E-state index in [-0.39, 0.29) is 0 Å². The number of nitrogens with one attached hydrogen (secondary N) is 1. The summed E-state index contributed by atoms with van der Waals surface area (Å²) in [6.45, 7) is 4.27. The summed E-state index contributed by atoms with van der Waals surface area (Å²) in [5.41, 5.74) is 0. The highest BCUT2D eigenvalue weighted by molar-refractivity contribution is 7.09. The zero-order valence-electron chi connectivity index (χ0n) is 7.94. The van der Waals surface area contributed by atoms with Crippen LogP contribution in [0.2, 0.25) is 0 Å². The first-order chi connectivity index (χ1) is 6.74. The largest absolute Gasteiger partial charge is 0.444 e. The fourth-order valence-electron chi connectivity index (χ4n) is 1.00. The van der Waals surface area contributed by atoms with E-state index in [9.17, 15) is 0 Å². The first-order valence-corrected chi connectivity index (χ1v) is 4.97. The summed E-state index contributed by atoms with van der Waals surface area (Å²) in [6, 6.07) is 0. The predicted octanol–water partition coefficient (Wildman–Crippen LogP) is 1.76. The van der Waals surface area contributed by atoms with Crippen molar-refractivity contribution in [1.29, 1.82) is 0 Å². The van der Waals surface area contributed by atoms with Gasteiger partial charge in [-0.3, -0.25) is 0 Å². The Labute approximate surface area is 85.4 Å². The predicted molar refractivity (Wildman–Crippen MR) is 53.2 cm³/mol. The Kier molecular flexibility index (Phi) is 2.45. The third kappa shape index (κ3) is 2.08. The van der Waals surface area contributed by atoms with Gasteiger partial charge >= 0.3 is 0 Å². The van der Waals surface area contributed by atoms with Crippen LogP contribution >= 0.6 is 11.5 Å². The van der Waals surface area contributed by atoms with Crippen LogP contribution in [0.5, 0.6) is 0 Å². The van der Waals surface area contributed by atoms with E-state index >= 15 is 0 Å². The number of hydrogen-bond donors (Lipinski definition) is 1. The van der Waals surface area contributed by atoms with Crippen molar-refractivity contribution in [2.45, 2.75) is 20.4 Å². The maximum Gasteiger partial charge on any atom is 0.213 e. The fourth-order valence-corrected chi connectivity index (χ4v) is 1.57. The minimum Gasteiger partial charge on any atom is -0.444 e. The van der Waals surface area contributed by atoms with Gasteiger partial charge in [-0.15, -0.1) is 0 Å². The van der Waals surface area contributed by atoms with Gasteiger partial charge in [-0.05, 0) is 13.8 Å². The molecule has 0 atom stereocenters. The highest BCUT2D eigenvalue weighted by atomic mass is 32.1. The molecule has 1 N–H and O–H groups in total. The van der Waals surface area contributed by atoms with E-state index in [1.165, 1.54) is 11.5 Å². The standard InChI is InChI=1S/C8H10N4OS/c1-5-3-9-7(13-5)4-10-8-11-6(2)12-14-8/h3H,4H2,1-2H3,(H,10,11,12). The minimum atomic E-state index is 0.544. The summed E-state index contributed by atoms with van der Waals surface area (Å²) < 4.78 is 9.35. The number of rotatable bonds is 3. The van der Waals surface area contributed by atoms with Crippen LogP contribution in [0.15, 0.2) is 10.6 Å². The van der Waals surface area contributed by atoms with Crippen molar-refractivity contribution in [3.8, 4) is 0 Å². The topological polar surface area (TPSA) is 63.8 Å². The van der Waals surface area contributed by atoms with Crippen molar-refractivity contribution in [2.75, 3.05) is 5.32 Å². The van der Waals surface area contributed by atoms with Crippen LogP contribution in [0.4, 0.5) is 5.13 Å². The molecule has 74 valence electrons. The highest BCUT2D eigenvalue weighted by Crippen LogP contribution is 2.11. The number of aryl methyl sites for hydroxylation is 2. The normalized spacial score (nSPS) is 10.4. The Morgan fingerprint density at radius 3 is 2.93 bits per heavy atom. The van der Waals surface area contributed by atoms with Gasteiger partial charge in [0.15, 0.2) is 0 Å². The van der Waals surface area contributed by atoms with Gasteiger partial charge in [0.05, 0.1) is 12.7 Å². The van der Waals surface area contributed by atoms with Crippen molar-refractivity contribution in [1.82, 2.24) is 14.3 Å². The van der Waals surface area contributed by atoms with Crippen molar-refractivity contribution in [2.24, 2.45) is 0 Å². The average molecular weight is 210 g/mol. The molecule has 0 spiro atoms. The fraction of sp³-hybridized carbons (Fsp3) is 0.375. The zero-order valence-corrected chi connectivity index (χ0v) is 8.76. The Balaban J connectivity index is 1.94. The molecule has 14 heavy (non-hydrogen) atoms. The Morgan fingerprint density at radius 1 is 1.50 bits per heavy atom. The number of hydrogen-bond acceptors (Lipinski definition) is 6. The smallest absolute Gasteiger partial charge is 0.213 e. The molecule has 2 heterocycles. The first kappa shape index (κ1) is 9.14. The molecule has 0 fully saturated rings. The monoisotopic (exact) mass is 210 g/mol. The second-order valence-corrected chi connectivity index (χ2v) is 3.62. The Hall–Kier alpha value is -1.43. The molecule has 0 saturated carbocycles. The molecule has 2 rings (SSSR count). The molecular weight excluding hydrogens is 200 g/mol. The van der Waals surface area contributed by atoms with E-state index in [1.54, 1.807) is 6.20 Å². The Bertz CT molecular complexity index is 382. The molecule has 6 heteroatoms. The molecule has 0 aliphatic carbocycles. The second-order valence-electron chi connectivity index (χ2n) is 2.86. The van der Waals surface area contributed by atoms with Crippen LogP contribution in [-0.2, 0) is 6.54 Å². The van der Waals surface area contributed by atoms with E-state index in [4.69, 9.17) is 4.42 Å².